The Kier molecular flexibility index (Phi) is 9.40. The van der Waals surface area contributed by atoms with Crippen LogP contribution in [0, 0.1) is 0 Å². The third-order valence-electron chi connectivity index (χ3n) is 5.33. The first-order valence-electron chi connectivity index (χ1n) is 10.0. The molecule has 0 spiro atoms. The summed E-state index contributed by atoms with van der Waals surface area (Å²) in [4.78, 5) is 5.79. The molecule has 2 aliphatic rings. The number of nitrogens with one attached hydrogen (secondary N) is 2. The quantitative estimate of drug-likeness (QED) is 0.310. The van der Waals surface area contributed by atoms with Crippen LogP contribution in [-0.4, -0.2) is 75.6 Å². The predicted molar refractivity (Wildman–Crippen MR) is 124 cm³/mol. The van der Waals surface area contributed by atoms with Gasteiger partial charge in [0.25, 0.3) is 0 Å². The number of rotatable bonds is 6. The number of nitrogens with zero attached hydrogens (tertiary/aromatic N) is 3. The van der Waals surface area contributed by atoms with Gasteiger partial charge in [-0.25, -0.2) is 8.42 Å². The Morgan fingerprint density at radius 2 is 1.81 bits per heavy atom. The molecule has 0 bridgehead atoms. The maximum absolute atomic E-state index is 12.6. The first-order chi connectivity index (χ1) is 14.2. The summed E-state index contributed by atoms with van der Waals surface area (Å²) in [6.45, 7) is 1.35. The van der Waals surface area contributed by atoms with E-state index in [0.717, 1.165) is 18.4 Å². The molecule has 1 atom stereocenters. The third kappa shape index (κ3) is 7.46. The Balaban J connectivity index is 0.00000341. The first kappa shape index (κ1) is 26.1. The van der Waals surface area contributed by atoms with Crippen molar-refractivity contribution in [2.45, 2.75) is 42.9 Å². The molecule has 2 fully saturated rings. The molecule has 0 saturated carbocycles. The van der Waals surface area contributed by atoms with Gasteiger partial charge < -0.3 is 10.6 Å². The smallest absolute Gasteiger partial charge is 0.352 e. The minimum atomic E-state index is -4.19. The van der Waals surface area contributed by atoms with Gasteiger partial charge in [-0.15, -0.1) is 24.0 Å². The van der Waals surface area contributed by atoms with E-state index < -0.39 is 22.7 Å². The van der Waals surface area contributed by atoms with Gasteiger partial charge in [0, 0.05) is 45.8 Å². The average molecular weight is 575 g/mol. The third-order valence-corrected chi connectivity index (χ3v) is 7.24. The fourth-order valence-corrected chi connectivity index (χ4v) is 5.30. The van der Waals surface area contributed by atoms with Gasteiger partial charge in [0.2, 0.25) is 10.0 Å². The number of halogens is 4. The van der Waals surface area contributed by atoms with Gasteiger partial charge in [0.15, 0.2) is 5.96 Å². The lowest BCUT2D eigenvalue weighted by Crippen LogP contribution is -2.44. The lowest BCUT2D eigenvalue weighted by molar-refractivity contribution is -0.143. The molecule has 2 N–H and O–H groups in total. The van der Waals surface area contributed by atoms with Crippen molar-refractivity contribution < 1.29 is 21.6 Å². The van der Waals surface area contributed by atoms with E-state index >= 15 is 0 Å². The van der Waals surface area contributed by atoms with E-state index in [4.69, 9.17) is 0 Å². The summed E-state index contributed by atoms with van der Waals surface area (Å²) in [7, 11) is -1.83. The van der Waals surface area contributed by atoms with E-state index in [1.54, 1.807) is 31.3 Å². The summed E-state index contributed by atoms with van der Waals surface area (Å²) < 4.78 is 64.2. The lowest BCUT2D eigenvalue weighted by atomic mass is 10.2. The standard InChI is InChI=1S/C19H28F3N5O2S.HI/c1-23-18(25-16-8-11-26(13-16)14-19(20,21)22)24-12-15-4-6-17(7-5-15)30(28,29)27-9-2-3-10-27;/h4-7,16H,2-3,8-14H2,1H3,(H2,23,24,25);1H. The number of benzene rings is 1. The molecule has 0 aromatic heterocycles. The van der Waals surface area contributed by atoms with Gasteiger partial charge in [-0.1, -0.05) is 12.1 Å². The first-order valence-corrected chi connectivity index (χ1v) is 11.5. The van der Waals surface area contributed by atoms with Gasteiger partial charge in [0.05, 0.1) is 11.4 Å². The second-order valence-electron chi connectivity index (χ2n) is 7.66. The second-order valence-corrected chi connectivity index (χ2v) is 9.60. The van der Waals surface area contributed by atoms with E-state index in [0.29, 0.717) is 45.1 Å². The molecule has 0 aliphatic carbocycles. The van der Waals surface area contributed by atoms with E-state index in [1.165, 1.54) is 9.21 Å². The minimum absolute atomic E-state index is 0. The Hall–Kier alpha value is -1.12. The molecule has 176 valence electrons. The summed E-state index contributed by atoms with van der Waals surface area (Å²) in [5, 5.41) is 6.28. The zero-order chi connectivity index (χ0) is 21.8. The summed E-state index contributed by atoms with van der Waals surface area (Å²) in [6, 6.07) is 6.61. The molecular formula is C19H29F3IN5O2S. The molecule has 3 rings (SSSR count). The van der Waals surface area contributed by atoms with Gasteiger partial charge in [-0.2, -0.15) is 17.5 Å². The van der Waals surface area contributed by atoms with E-state index in [-0.39, 0.29) is 34.9 Å². The molecule has 0 radical (unpaired) electrons. The Bertz CT molecular complexity index is 843. The molecule has 1 unspecified atom stereocenters. The van der Waals surface area contributed by atoms with Gasteiger partial charge in [-0.05, 0) is 37.0 Å². The summed E-state index contributed by atoms with van der Waals surface area (Å²) >= 11 is 0. The van der Waals surface area contributed by atoms with Crippen LogP contribution in [0.1, 0.15) is 24.8 Å². The molecular weight excluding hydrogens is 546 g/mol. The zero-order valence-electron chi connectivity index (χ0n) is 17.4. The molecule has 0 amide bonds. The van der Waals surface area contributed by atoms with Crippen molar-refractivity contribution >= 4 is 40.0 Å². The molecule has 1 aromatic carbocycles. The van der Waals surface area contributed by atoms with Crippen molar-refractivity contribution in [1.29, 1.82) is 0 Å². The second kappa shape index (κ2) is 11.1. The summed E-state index contributed by atoms with van der Waals surface area (Å²) in [5.41, 5.74) is 0.878. The topological polar surface area (TPSA) is 77.0 Å². The van der Waals surface area contributed by atoms with Crippen molar-refractivity contribution in [3.63, 3.8) is 0 Å². The van der Waals surface area contributed by atoms with Crippen LogP contribution in [0.25, 0.3) is 0 Å². The largest absolute Gasteiger partial charge is 0.401 e. The Morgan fingerprint density at radius 1 is 1.16 bits per heavy atom. The molecule has 2 heterocycles. The van der Waals surface area contributed by atoms with Crippen LogP contribution in [0.2, 0.25) is 0 Å². The van der Waals surface area contributed by atoms with Crippen molar-refractivity contribution in [3.8, 4) is 0 Å². The van der Waals surface area contributed by atoms with Crippen molar-refractivity contribution in [2.75, 3.05) is 39.8 Å². The van der Waals surface area contributed by atoms with E-state index in [2.05, 4.69) is 15.6 Å². The Morgan fingerprint density at radius 3 is 2.39 bits per heavy atom. The van der Waals surface area contributed by atoms with Crippen molar-refractivity contribution in [3.05, 3.63) is 29.8 Å². The molecule has 2 aliphatic heterocycles. The molecule has 31 heavy (non-hydrogen) atoms. The molecule has 1 aromatic rings. The maximum Gasteiger partial charge on any atom is 0.401 e. The number of aliphatic imine (C=N–C) groups is 1. The SMILES string of the molecule is CN=C(NCc1ccc(S(=O)(=O)N2CCCC2)cc1)NC1CCN(CC(F)(F)F)C1.I. The zero-order valence-corrected chi connectivity index (χ0v) is 20.5. The highest BCUT2D eigenvalue weighted by atomic mass is 127. The number of sulfonamides is 1. The van der Waals surface area contributed by atoms with Crippen LogP contribution in [0.15, 0.2) is 34.2 Å². The normalized spacial score (nSPS) is 21.2. The summed E-state index contributed by atoms with van der Waals surface area (Å²) in [6.07, 6.45) is -1.80. The van der Waals surface area contributed by atoms with Crippen LogP contribution < -0.4 is 10.6 Å². The van der Waals surface area contributed by atoms with E-state index in [1.807, 2.05) is 0 Å². The van der Waals surface area contributed by atoms with Gasteiger partial charge >= 0.3 is 6.18 Å². The number of alkyl halides is 3. The van der Waals surface area contributed by atoms with Gasteiger partial charge in [-0.3, -0.25) is 9.89 Å². The number of hydrogen-bond donors (Lipinski definition) is 2. The van der Waals surface area contributed by atoms with Crippen LogP contribution in [0.5, 0.6) is 0 Å². The molecule has 7 nitrogen and oxygen atoms in total. The number of hydrogen-bond acceptors (Lipinski definition) is 4. The highest BCUT2D eigenvalue weighted by Crippen LogP contribution is 2.21. The molecule has 12 heteroatoms. The van der Waals surface area contributed by atoms with E-state index in [9.17, 15) is 21.6 Å². The fourth-order valence-electron chi connectivity index (χ4n) is 3.78. The monoisotopic (exact) mass is 575 g/mol. The maximum atomic E-state index is 12.6. The van der Waals surface area contributed by atoms with Crippen molar-refractivity contribution in [1.82, 2.24) is 19.8 Å². The number of likely N-dealkylation sites (tertiary alicyclic amines) is 1. The van der Waals surface area contributed by atoms with Crippen LogP contribution in [-0.2, 0) is 16.6 Å². The van der Waals surface area contributed by atoms with Crippen molar-refractivity contribution in [2.24, 2.45) is 4.99 Å². The highest BCUT2D eigenvalue weighted by Gasteiger charge is 2.34. The van der Waals surface area contributed by atoms with Gasteiger partial charge in [0.1, 0.15) is 0 Å². The van der Waals surface area contributed by atoms with Crippen LogP contribution in [0.4, 0.5) is 13.2 Å². The fraction of sp³-hybridized carbons (Fsp3) is 0.632. The highest BCUT2D eigenvalue weighted by molar-refractivity contribution is 14.0. The summed E-state index contributed by atoms with van der Waals surface area (Å²) in [5.74, 6) is 0.502. The lowest BCUT2D eigenvalue weighted by Gasteiger charge is -2.20. The molecule has 2 saturated heterocycles. The van der Waals surface area contributed by atoms with Crippen LogP contribution in [0.3, 0.4) is 0 Å². The predicted octanol–water partition coefficient (Wildman–Crippen LogP) is 2.39. The minimum Gasteiger partial charge on any atom is -0.352 e. The number of guanidine groups is 1. The average Bonchev–Trinajstić information content (AvgIpc) is 3.36. The Labute approximate surface area is 198 Å². The van der Waals surface area contributed by atoms with Crippen LogP contribution >= 0.6 is 24.0 Å².